The van der Waals surface area contributed by atoms with E-state index in [1.165, 1.54) is 148 Å². The Bertz CT molecular complexity index is 196. The molecule has 0 unspecified atom stereocenters. The maximum Gasteiger partial charge on any atom is -0.0389 e. The van der Waals surface area contributed by atoms with Crippen LogP contribution in [0.1, 0.15) is 162 Å². The van der Waals surface area contributed by atoms with Gasteiger partial charge in [0.05, 0.1) is 0 Å². The predicted octanol–water partition coefficient (Wildman–Crippen LogP) is 10.2. The van der Waals surface area contributed by atoms with Crippen molar-refractivity contribution in [3.05, 3.63) is 6.42 Å². The van der Waals surface area contributed by atoms with Crippen molar-refractivity contribution < 1.29 is 0 Å². The maximum atomic E-state index is 2.43. The van der Waals surface area contributed by atoms with E-state index < -0.39 is 0 Å². The van der Waals surface area contributed by atoms with E-state index in [1.54, 1.807) is 0 Å². The first kappa shape index (κ1) is 26.0. The van der Waals surface area contributed by atoms with Gasteiger partial charge in [-0.15, -0.1) is 0 Å². The molecule has 0 heterocycles. The lowest BCUT2D eigenvalue weighted by atomic mass is 10.0. The fourth-order valence-corrected chi connectivity index (χ4v) is 3.92. The van der Waals surface area contributed by atoms with E-state index in [4.69, 9.17) is 0 Å². The summed E-state index contributed by atoms with van der Waals surface area (Å²) in [5.41, 5.74) is 0. The van der Waals surface area contributed by atoms with Crippen LogP contribution in [0.4, 0.5) is 0 Å². The Labute approximate surface area is 168 Å². The molecule has 0 aromatic heterocycles. The van der Waals surface area contributed by atoms with Gasteiger partial charge in [-0.25, -0.2) is 0 Å². The van der Waals surface area contributed by atoms with E-state index in [1.807, 2.05) is 0 Å². The summed E-state index contributed by atoms with van der Waals surface area (Å²) >= 11 is 0. The van der Waals surface area contributed by atoms with Crippen molar-refractivity contribution in [1.29, 1.82) is 0 Å². The zero-order valence-electron chi connectivity index (χ0n) is 18.8. The molecule has 0 atom stereocenters. The third-order valence-corrected chi connectivity index (χ3v) is 5.80. The molecule has 0 aromatic carbocycles. The molecule has 0 amide bonds. The van der Waals surface area contributed by atoms with Gasteiger partial charge in [0.2, 0.25) is 0 Å². The van der Waals surface area contributed by atoms with Crippen LogP contribution in [0.5, 0.6) is 0 Å². The second kappa shape index (κ2) is 25.0. The quantitative estimate of drug-likeness (QED) is 0.158. The molecule has 0 aliphatic heterocycles. The zero-order valence-corrected chi connectivity index (χ0v) is 18.8. The van der Waals surface area contributed by atoms with Crippen LogP contribution in [0.2, 0.25) is 0 Å². The van der Waals surface area contributed by atoms with E-state index in [0.29, 0.717) is 0 Å². The van der Waals surface area contributed by atoms with Crippen LogP contribution >= 0.6 is 0 Å². The Hall–Kier alpha value is 0. The van der Waals surface area contributed by atoms with Gasteiger partial charge in [0, 0.05) is 0 Å². The summed E-state index contributed by atoms with van der Waals surface area (Å²) in [7, 11) is 0. The van der Waals surface area contributed by atoms with E-state index in [2.05, 4.69) is 20.3 Å². The van der Waals surface area contributed by atoms with E-state index in [-0.39, 0.29) is 0 Å². The minimum Gasteiger partial charge on any atom is -0.0654 e. The lowest BCUT2D eigenvalue weighted by molar-refractivity contribution is 0.520. The van der Waals surface area contributed by atoms with Crippen LogP contribution in [0.3, 0.4) is 0 Å². The summed E-state index contributed by atoms with van der Waals surface area (Å²) in [6, 6.07) is 0. The first-order valence-corrected chi connectivity index (χ1v) is 12.7. The standard InChI is InChI=1S/C26H53/c1-3-5-7-9-11-13-15-17-19-21-23-25-26-24-22-20-18-16-14-12-10-8-6-4-2/h5H,3-4,6-26H2,1-2H3. The summed E-state index contributed by atoms with van der Waals surface area (Å²) in [6.45, 7) is 4.55. The third-order valence-electron chi connectivity index (χ3n) is 5.80. The number of unbranched alkanes of at least 4 members (excludes halogenated alkanes) is 23. The third kappa shape index (κ3) is 24.0. The van der Waals surface area contributed by atoms with Gasteiger partial charge < -0.3 is 0 Å². The molecule has 0 N–H and O–H groups in total. The maximum absolute atomic E-state index is 2.43. The zero-order chi connectivity index (χ0) is 19.0. The molecule has 0 spiro atoms. The fourth-order valence-electron chi connectivity index (χ4n) is 3.92. The van der Waals surface area contributed by atoms with Gasteiger partial charge in [-0.2, -0.15) is 0 Å². The summed E-state index contributed by atoms with van der Waals surface area (Å²) < 4.78 is 0. The van der Waals surface area contributed by atoms with Crippen LogP contribution in [0, 0.1) is 6.42 Å². The monoisotopic (exact) mass is 365 g/mol. The normalized spacial score (nSPS) is 11.3. The van der Waals surface area contributed by atoms with Gasteiger partial charge in [-0.1, -0.05) is 162 Å². The van der Waals surface area contributed by atoms with Crippen molar-refractivity contribution in [3.63, 3.8) is 0 Å². The van der Waals surface area contributed by atoms with Crippen molar-refractivity contribution in [2.24, 2.45) is 0 Å². The molecule has 0 rings (SSSR count). The van der Waals surface area contributed by atoms with Gasteiger partial charge >= 0.3 is 0 Å². The SMILES string of the molecule is CC[CH]CCCCCCCCCCCCCCCCCCCCCCC. The van der Waals surface area contributed by atoms with E-state index in [9.17, 15) is 0 Å². The molecule has 26 heavy (non-hydrogen) atoms. The molecule has 0 saturated carbocycles. The van der Waals surface area contributed by atoms with Crippen LogP contribution in [0.25, 0.3) is 0 Å². The lowest BCUT2D eigenvalue weighted by Gasteiger charge is -2.04. The molecular formula is C26H53. The predicted molar refractivity (Wildman–Crippen MR) is 122 cm³/mol. The molecule has 0 fully saturated rings. The van der Waals surface area contributed by atoms with Crippen molar-refractivity contribution in [2.75, 3.05) is 0 Å². The van der Waals surface area contributed by atoms with E-state index >= 15 is 0 Å². The molecule has 0 nitrogen and oxygen atoms in total. The number of rotatable bonds is 23. The summed E-state index contributed by atoms with van der Waals surface area (Å²) in [5, 5.41) is 0. The molecule has 157 valence electrons. The molecular weight excluding hydrogens is 312 g/mol. The van der Waals surface area contributed by atoms with E-state index in [0.717, 1.165) is 0 Å². The van der Waals surface area contributed by atoms with Gasteiger partial charge in [0.1, 0.15) is 0 Å². The van der Waals surface area contributed by atoms with Crippen LogP contribution < -0.4 is 0 Å². The Morgan fingerprint density at radius 3 is 0.885 bits per heavy atom. The highest BCUT2D eigenvalue weighted by Gasteiger charge is 1.95. The van der Waals surface area contributed by atoms with Crippen molar-refractivity contribution in [1.82, 2.24) is 0 Å². The minimum absolute atomic E-state index is 1.25. The highest BCUT2D eigenvalue weighted by atomic mass is 14.0. The van der Waals surface area contributed by atoms with Crippen molar-refractivity contribution >= 4 is 0 Å². The Balaban J connectivity index is 2.95. The molecule has 0 aliphatic rings. The molecule has 0 saturated heterocycles. The average molecular weight is 366 g/mol. The van der Waals surface area contributed by atoms with Crippen molar-refractivity contribution in [3.8, 4) is 0 Å². The summed E-state index contributed by atoms with van der Waals surface area (Å²) in [6.07, 6.45) is 36.0. The molecule has 0 heteroatoms. The van der Waals surface area contributed by atoms with Gasteiger partial charge in [0.25, 0.3) is 0 Å². The second-order valence-corrected chi connectivity index (χ2v) is 8.56. The summed E-state index contributed by atoms with van der Waals surface area (Å²) in [4.78, 5) is 0. The van der Waals surface area contributed by atoms with Gasteiger partial charge in [-0.05, 0) is 6.42 Å². The molecule has 1 radical (unpaired) electrons. The largest absolute Gasteiger partial charge is 0.0654 e. The highest BCUT2D eigenvalue weighted by molar-refractivity contribution is 4.60. The molecule has 0 aromatic rings. The molecule has 0 aliphatic carbocycles. The van der Waals surface area contributed by atoms with Gasteiger partial charge in [-0.3, -0.25) is 0 Å². The van der Waals surface area contributed by atoms with Crippen LogP contribution in [-0.4, -0.2) is 0 Å². The first-order valence-electron chi connectivity index (χ1n) is 12.7. The number of hydrogen-bond donors (Lipinski definition) is 0. The topological polar surface area (TPSA) is 0 Å². The molecule has 0 bridgehead atoms. The Morgan fingerprint density at radius 2 is 0.615 bits per heavy atom. The van der Waals surface area contributed by atoms with Crippen LogP contribution in [0.15, 0.2) is 0 Å². The minimum atomic E-state index is 1.25. The van der Waals surface area contributed by atoms with Gasteiger partial charge in [0.15, 0.2) is 0 Å². The second-order valence-electron chi connectivity index (χ2n) is 8.56. The van der Waals surface area contributed by atoms with Crippen molar-refractivity contribution in [2.45, 2.75) is 162 Å². The smallest absolute Gasteiger partial charge is 0.0389 e. The van der Waals surface area contributed by atoms with Crippen LogP contribution in [-0.2, 0) is 0 Å². The average Bonchev–Trinajstić information content (AvgIpc) is 2.66. The Morgan fingerprint density at radius 1 is 0.346 bits per heavy atom. The Kier molecular flexibility index (Phi) is 25.0. The highest BCUT2D eigenvalue weighted by Crippen LogP contribution is 2.15. The first-order chi connectivity index (χ1) is 12.9. The number of hydrogen-bond acceptors (Lipinski definition) is 0. The summed E-state index contributed by atoms with van der Waals surface area (Å²) in [5.74, 6) is 0. The lowest BCUT2D eigenvalue weighted by Crippen LogP contribution is -1.84. The fraction of sp³-hybridized carbons (Fsp3) is 0.962.